The van der Waals surface area contributed by atoms with Crippen LogP contribution in [0.15, 0.2) is 49.1 Å². The summed E-state index contributed by atoms with van der Waals surface area (Å²) >= 11 is 0. The van der Waals surface area contributed by atoms with Crippen LogP contribution in [0.3, 0.4) is 0 Å². The molecule has 0 radical (unpaired) electrons. The Morgan fingerprint density at radius 1 is 1.05 bits per heavy atom. The molecule has 1 unspecified atom stereocenters. The van der Waals surface area contributed by atoms with Crippen molar-refractivity contribution in [2.24, 2.45) is 0 Å². The van der Waals surface area contributed by atoms with Crippen molar-refractivity contribution in [1.82, 2.24) is 0 Å². The number of rotatable bonds is 5. The Kier molecular flexibility index (Phi) is 4.38. The van der Waals surface area contributed by atoms with Crippen molar-refractivity contribution in [1.29, 1.82) is 0 Å². The first kappa shape index (κ1) is 14.8. The molecular weight excluding hydrogens is 268 g/mol. The smallest absolute Gasteiger partial charge is 0.161 e. The van der Waals surface area contributed by atoms with Gasteiger partial charge in [0, 0.05) is 17.5 Å². The summed E-state index contributed by atoms with van der Waals surface area (Å²) in [4.78, 5) is 0. The van der Waals surface area contributed by atoms with Crippen LogP contribution in [0.25, 0.3) is 0 Å². The molecule has 4 nitrogen and oxygen atoms in total. The molecule has 0 spiro atoms. The fourth-order valence-corrected chi connectivity index (χ4v) is 2.31. The molecule has 0 bridgehead atoms. The van der Waals surface area contributed by atoms with E-state index in [1.807, 2.05) is 6.07 Å². The van der Waals surface area contributed by atoms with E-state index in [4.69, 9.17) is 9.47 Å². The van der Waals surface area contributed by atoms with Gasteiger partial charge in [-0.1, -0.05) is 18.2 Å². The van der Waals surface area contributed by atoms with E-state index in [1.54, 1.807) is 30.3 Å². The van der Waals surface area contributed by atoms with Crippen molar-refractivity contribution >= 4 is 0 Å². The lowest BCUT2D eigenvalue weighted by Gasteiger charge is -2.19. The van der Waals surface area contributed by atoms with E-state index < -0.39 is 0 Å². The molecule has 2 N–H and O–H groups in total. The van der Waals surface area contributed by atoms with Crippen molar-refractivity contribution in [2.75, 3.05) is 14.2 Å². The van der Waals surface area contributed by atoms with Gasteiger partial charge in [0.2, 0.25) is 0 Å². The van der Waals surface area contributed by atoms with Crippen LogP contribution in [0.5, 0.6) is 23.0 Å². The Morgan fingerprint density at radius 2 is 1.76 bits per heavy atom. The topological polar surface area (TPSA) is 58.9 Å². The van der Waals surface area contributed by atoms with Gasteiger partial charge in [-0.25, -0.2) is 0 Å². The lowest BCUT2D eigenvalue weighted by atomic mass is 9.90. The summed E-state index contributed by atoms with van der Waals surface area (Å²) in [6.45, 7) is 3.86. The number of benzene rings is 2. The second-order valence-electron chi connectivity index (χ2n) is 4.57. The van der Waals surface area contributed by atoms with Crippen LogP contribution in [0, 0.1) is 0 Å². The average Bonchev–Trinajstić information content (AvgIpc) is 2.49. The number of ether oxygens (including phenoxy) is 2. The minimum Gasteiger partial charge on any atom is -0.508 e. The number of hydrogen-bond donors (Lipinski definition) is 2. The minimum atomic E-state index is -0.193. The number of aromatic hydroxyl groups is 2. The molecule has 4 heteroatoms. The monoisotopic (exact) mass is 286 g/mol. The Bertz CT molecular complexity index is 649. The van der Waals surface area contributed by atoms with Gasteiger partial charge < -0.3 is 19.7 Å². The fraction of sp³-hybridized carbons (Fsp3) is 0.176. The summed E-state index contributed by atoms with van der Waals surface area (Å²) in [5, 5.41) is 19.5. The van der Waals surface area contributed by atoms with Crippen LogP contribution in [0.4, 0.5) is 0 Å². The van der Waals surface area contributed by atoms with Crippen molar-refractivity contribution in [2.45, 2.75) is 5.92 Å². The van der Waals surface area contributed by atoms with E-state index in [9.17, 15) is 10.2 Å². The summed E-state index contributed by atoms with van der Waals surface area (Å²) in [6, 6.07) is 10.2. The first-order valence-corrected chi connectivity index (χ1v) is 6.47. The number of phenolic OH excluding ortho intramolecular Hbond substituents is 2. The van der Waals surface area contributed by atoms with E-state index in [-0.39, 0.29) is 17.4 Å². The SMILES string of the molecule is C=CC(c1cccc(O)c1)c1cc(OC)c(O)cc1OC. The highest BCUT2D eigenvalue weighted by Crippen LogP contribution is 2.40. The van der Waals surface area contributed by atoms with Crippen molar-refractivity contribution < 1.29 is 19.7 Å². The quantitative estimate of drug-likeness (QED) is 0.827. The number of allylic oxidation sites excluding steroid dienone is 1. The molecule has 0 aliphatic rings. The van der Waals surface area contributed by atoms with Crippen LogP contribution >= 0.6 is 0 Å². The van der Waals surface area contributed by atoms with Crippen molar-refractivity contribution in [3.8, 4) is 23.0 Å². The predicted molar refractivity (Wildman–Crippen MR) is 81.4 cm³/mol. The van der Waals surface area contributed by atoms with Crippen molar-refractivity contribution in [3.05, 3.63) is 60.2 Å². The van der Waals surface area contributed by atoms with Crippen LogP contribution in [0.2, 0.25) is 0 Å². The highest BCUT2D eigenvalue weighted by atomic mass is 16.5. The summed E-state index contributed by atoms with van der Waals surface area (Å²) in [5.74, 6) is 0.891. The lowest BCUT2D eigenvalue weighted by Crippen LogP contribution is -2.01. The number of hydrogen-bond acceptors (Lipinski definition) is 4. The summed E-state index contributed by atoms with van der Waals surface area (Å²) in [7, 11) is 3.02. The van der Waals surface area contributed by atoms with E-state index in [0.29, 0.717) is 11.5 Å². The summed E-state index contributed by atoms with van der Waals surface area (Å²) < 4.78 is 10.5. The maximum Gasteiger partial charge on any atom is 0.161 e. The second-order valence-corrected chi connectivity index (χ2v) is 4.57. The summed E-state index contributed by atoms with van der Waals surface area (Å²) in [6.07, 6.45) is 1.75. The third kappa shape index (κ3) is 2.94. The van der Waals surface area contributed by atoms with Crippen molar-refractivity contribution in [3.63, 3.8) is 0 Å². The van der Waals surface area contributed by atoms with Gasteiger partial charge in [-0.3, -0.25) is 0 Å². The maximum atomic E-state index is 9.85. The van der Waals surface area contributed by atoms with Gasteiger partial charge in [0.25, 0.3) is 0 Å². The van der Waals surface area contributed by atoms with E-state index in [1.165, 1.54) is 20.3 Å². The normalized spacial score (nSPS) is 11.7. The molecule has 2 rings (SSSR count). The number of phenols is 2. The third-order valence-corrected chi connectivity index (χ3v) is 3.33. The van der Waals surface area contributed by atoms with Gasteiger partial charge in [-0.15, -0.1) is 6.58 Å². The second kappa shape index (κ2) is 6.22. The summed E-state index contributed by atoms with van der Waals surface area (Å²) in [5.41, 5.74) is 1.67. The molecule has 0 saturated heterocycles. The Hall–Kier alpha value is -2.62. The minimum absolute atomic E-state index is 0.0109. The largest absolute Gasteiger partial charge is 0.508 e. The standard InChI is InChI=1S/C17H18O4/c1-4-13(11-6-5-7-12(18)8-11)14-9-17(21-3)15(19)10-16(14)20-2/h4-10,13,18-19H,1H2,2-3H3. The fourth-order valence-electron chi connectivity index (χ4n) is 2.31. The molecule has 21 heavy (non-hydrogen) atoms. The van der Waals surface area contributed by atoms with E-state index in [2.05, 4.69) is 6.58 Å². The molecule has 0 saturated carbocycles. The van der Waals surface area contributed by atoms with Gasteiger partial charge in [-0.05, 0) is 23.8 Å². The molecular formula is C17H18O4. The third-order valence-electron chi connectivity index (χ3n) is 3.33. The molecule has 2 aromatic rings. The molecule has 110 valence electrons. The van der Waals surface area contributed by atoms with E-state index in [0.717, 1.165) is 11.1 Å². The zero-order chi connectivity index (χ0) is 15.4. The highest BCUT2D eigenvalue weighted by Gasteiger charge is 2.19. The van der Waals surface area contributed by atoms with Gasteiger partial charge in [0.05, 0.1) is 14.2 Å². The first-order valence-electron chi connectivity index (χ1n) is 6.47. The van der Waals surface area contributed by atoms with Gasteiger partial charge in [0.15, 0.2) is 11.5 Å². The zero-order valence-electron chi connectivity index (χ0n) is 12.0. The molecule has 2 aromatic carbocycles. The molecule has 0 heterocycles. The van der Waals surface area contributed by atoms with Crippen LogP contribution in [0.1, 0.15) is 17.0 Å². The Labute approximate surface area is 123 Å². The van der Waals surface area contributed by atoms with Gasteiger partial charge in [-0.2, -0.15) is 0 Å². The van der Waals surface area contributed by atoms with Gasteiger partial charge in [0.1, 0.15) is 11.5 Å². The average molecular weight is 286 g/mol. The molecule has 0 aliphatic carbocycles. The highest BCUT2D eigenvalue weighted by molar-refractivity contribution is 5.54. The van der Waals surface area contributed by atoms with Gasteiger partial charge >= 0.3 is 0 Å². The van der Waals surface area contributed by atoms with Crippen LogP contribution < -0.4 is 9.47 Å². The lowest BCUT2D eigenvalue weighted by molar-refractivity contribution is 0.363. The van der Waals surface area contributed by atoms with Crippen LogP contribution in [-0.2, 0) is 0 Å². The molecule has 0 aliphatic heterocycles. The maximum absolute atomic E-state index is 9.85. The Morgan fingerprint density at radius 3 is 2.33 bits per heavy atom. The zero-order valence-corrected chi connectivity index (χ0v) is 12.0. The predicted octanol–water partition coefficient (Wildman–Crippen LogP) is 3.43. The molecule has 1 atom stereocenters. The molecule has 0 amide bonds. The first-order chi connectivity index (χ1) is 10.1. The molecule has 0 fully saturated rings. The van der Waals surface area contributed by atoms with E-state index >= 15 is 0 Å². The van der Waals surface area contributed by atoms with Crippen LogP contribution in [-0.4, -0.2) is 24.4 Å². The number of methoxy groups -OCH3 is 2. The Balaban J connectivity index is 2.58. The molecule has 0 aromatic heterocycles.